The summed E-state index contributed by atoms with van der Waals surface area (Å²) in [5.41, 5.74) is 1.20. The fourth-order valence-electron chi connectivity index (χ4n) is 1.68. The molecule has 0 aliphatic carbocycles. The fraction of sp³-hybridized carbons (Fsp3) is 0. The summed E-state index contributed by atoms with van der Waals surface area (Å²) >= 11 is 0. The quantitative estimate of drug-likeness (QED) is 0.750. The van der Waals surface area contributed by atoms with E-state index in [0.29, 0.717) is 11.1 Å². The average molecular weight is 220 g/mol. The van der Waals surface area contributed by atoms with E-state index in [-0.39, 0.29) is 5.56 Å². The van der Waals surface area contributed by atoms with E-state index in [1.807, 2.05) is 6.07 Å². The molecule has 2 nitrogen and oxygen atoms in total. The summed E-state index contributed by atoms with van der Waals surface area (Å²) in [6.07, 6.45) is 10.6. The minimum Gasteiger partial charge on any atom is -0.478 e. The second kappa shape index (κ2) is 4.04. The van der Waals surface area contributed by atoms with Crippen molar-refractivity contribution in [3.05, 3.63) is 47.0 Å². The number of benzene rings is 2. The summed E-state index contributed by atoms with van der Waals surface area (Å²) in [6.45, 7) is 0. The molecular formula is C15H8O2. The molecular weight excluding hydrogens is 212 g/mol. The van der Waals surface area contributed by atoms with E-state index in [0.717, 1.165) is 10.8 Å². The Bertz CT molecular complexity index is 697. The van der Waals surface area contributed by atoms with E-state index in [9.17, 15) is 4.79 Å². The molecule has 2 aromatic carbocycles. The molecule has 0 aromatic heterocycles. The van der Waals surface area contributed by atoms with E-state index in [1.54, 1.807) is 24.3 Å². The van der Waals surface area contributed by atoms with Crippen molar-refractivity contribution in [2.24, 2.45) is 0 Å². The molecule has 17 heavy (non-hydrogen) atoms. The average Bonchev–Trinajstić information content (AvgIpc) is 2.36. The Morgan fingerprint density at radius 3 is 2.41 bits per heavy atom. The smallest absolute Gasteiger partial charge is 0.336 e. The van der Waals surface area contributed by atoms with Gasteiger partial charge in [-0.3, -0.25) is 0 Å². The van der Waals surface area contributed by atoms with Crippen LogP contribution in [0.2, 0.25) is 0 Å². The van der Waals surface area contributed by atoms with Crippen molar-refractivity contribution in [3.8, 4) is 24.7 Å². The molecule has 0 amide bonds. The lowest BCUT2D eigenvalue weighted by Gasteiger charge is -2.04. The van der Waals surface area contributed by atoms with Gasteiger partial charge in [-0.2, -0.15) is 0 Å². The van der Waals surface area contributed by atoms with Gasteiger partial charge in [0.2, 0.25) is 0 Å². The van der Waals surface area contributed by atoms with Gasteiger partial charge in [-0.1, -0.05) is 17.9 Å². The van der Waals surface area contributed by atoms with Crippen LogP contribution in [0.1, 0.15) is 21.5 Å². The Labute approximate surface area is 98.9 Å². The number of carboxylic acids is 1. The highest BCUT2D eigenvalue weighted by atomic mass is 16.4. The van der Waals surface area contributed by atoms with Crippen LogP contribution < -0.4 is 0 Å². The molecule has 0 aliphatic rings. The van der Waals surface area contributed by atoms with Crippen molar-refractivity contribution in [2.75, 3.05) is 0 Å². The highest BCUT2D eigenvalue weighted by Gasteiger charge is 2.10. The van der Waals surface area contributed by atoms with Crippen LogP contribution in [0.4, 0.5) is 0 Å². The topological polar surface area (TPSA) is 37.3 Å². The van der Waals surface area contributed by atoms with Gasteiger partial charge < -0.3 is 5.11 Å². The Balaban J connectivity index is 2.81. The summed E-state index contributed by atoms with van der Waals surface area (Å²) in [5.74, 6) is 3.85. The van der Waals surface area contributed by atoms with Gasteiger partial charge in [-0.05, 0) is 35.0 Å². The van der Waals surface area contributed by atoms with Crippen LogP contribution in [0, 0.1) is 24.7 Å². The van der Waals surface area contributed by atoms with Crippen LogP contribution >= 0.6 is 0 Å². The molecule has 0 radical (unpaired) electrons. The number of aromatic carboxylic acids is 1. The van der Waals surface area contributed by atoms with Crippen LogP contribution in [-0.2, 0) is 0 Å². The predicted octanol–water partition coefficient (Wildman–Crippen LogP) is 2.50. The number of terminal acetylenes is 2. The van der Waals surface area contributed by atoms with Crippen LogP contribution in [0.15, 0.2) is 30.3 Å². The van der Waals surface area contributed by atoms with Gasteiger partial charge in [0.15, 0.2) is 0 Å². The Hall–Kier alpha value is -2.71. The minimum atomic E-state index is -1.04. The molecule has 0 aliphatic heterocycles. The van der Waals surface area contributed by atoms with Crippen molar-refractivity contribution in [1.82, 2.24) is 0 Å². The van der Waals surface area contributed by atoms with Gasteiger partial charge in [0, 0.05) is 11.1 Å². The lowest BCUT2D eigenvalue weighted by molar-refractivity contribution is 0.0697. The van der Waals surface area contributed by atoms with Gasteiger partial charge in [0.25, 0.3) is 0 Å². The Morgan fingerprint density at radius 2 is 1.82 bits per heavy atom. The number of carboxylic acid groups (broad SMARTS) is 1. The first kappa shape index (κ1) is 10.8. The van der Waals surface area contributed by atoms with Gasteiger partial charge in [-0.15, -0.1) is 12.8 Å². The third-order valence-corrected chi connectivity index (χ3v) is 2.53. The maximum atomic E-state index is 11.0. The van der Waals surface area contributed by atoms with Crippen molar-refractivity contribution in [3.63, 3.8) is 0 Å². The Morgan fingerprint density at radius 1 is 1.06 bits per heavy atom. The number of hydrogen-bond acceptors (Lipinski definition) is 1. The minimum absolute atomic E-state index is 0.120. The zero-order valence-corrected chi connectivity index (χ0v) is 8.90. The summed E-state index contributed by atoms with van der Waals surface area (Å²) in [4.78, 5) is 11.0. The first-order valence-electron chi connectivity index (χ1n) is 4.90. The second-order valence-corrected chi connectivity index (χ2v) is 3.55. The summed E-state index contributed by atoms with van der Waals surface area (Å²) in [7, 11) is 0. The maximum absolute atomic E-state index is 11.0. The van der Waals surface area contributed by atoms with Crippen LogP contribution in [-0.4, -0.2) is 11.1 Å². The lowest BCUT2D eigenvalue weighted by atomic mass is 10.00. The lowest BCUT2D eigenvalue weighted by Crippen LogP contribution is -2.00. The van der Waals surface area contributed by atoms with Crippen molar-refractivity contribution >= 4 is 16.7 Å². The molecule has 0 atom stereocenters. The van der Waals surface area contributed by atoms with E-state index >= 15 is 0 Å². The summed E-state index contributed by atoms with van der Waals surface area (Å²) in [5, 5.41) is 10.7. The molecule has 0 spiro atoms. The zero-order chi connectivity index (χ0) is 12.4. The van der Waals surface area contributed by atoms with E-state index in [4.69, 9.17) is 18.0 Å². The monoisotopic (exact) mass is 220 g/mol. The molecule has 0 unspecified atom stereocenters. The molecule has 0 heterocycles. The highest BCUT2D eigenvalue weighted by Crippen LogP contribution is 2.21. The highest BCUT2D eigenvalue weighted by molar-refractivity contribution is 5.97. The number of fused-ring (bicyclic) bond motifs is 1. The van der Waals surface area contributed by atoms with Gasteiger partial charge in [-0.25, -0.2) is 4.79 Å². The van der Waals surface area contributed by atoms with Crippen LogP contribution in [0.5, 0.6) is 0 Å². The third-order valence-electron chi connectivity index (χ3n) is 2.53. The molecule has 1 N–H and O–H groups in total. The van der Waals surface area contributed by atoms with Crippen LogP contribution in [0.3, 0.4) is 0 Å². The van der Waals surface area contributed by atoms with E-state index in [2.05, 4.69) is 11.8 Å². The van der Waals surface area contributed by atoms with Gasteiger partial charge >= 0.3 is 5.97 Å². The number of carbonyl (C=O) groups is 1. The molecule has 0 fully saturated rings. The largest absolute Gasteiger partial charge is 0.478 e. The van der Waals surface area contributed by atoms with Gasteiger partial charge in [0.1, 0.15) is 0 Å². The molecule has 0 saturated carbocycles. The SMILES string of the molecule is C#Cc1ccc2cc(C#C)c(C(=O)O)cc2c1. The molecule has 0 bridgehead atoms. The molecule has 0 saturated heterocycles. The zero-order valence-electron chi connectivity index (χ0n) is 8.90. The van der Waals surface area contributed by atoms with Crippen molar-refractivity contribution in [1.29, 1.82) is 0 Å². The van der Waals surface area contributed by atoms with E-state index < -0.39 is 5.97 Å². The summed E-state index contributed by atoms with van der Waals surface area (Å²) < 4.78 is 0. The van der Waals surface area contributed by atoms with Crippen LogP contribution in [0.25, 0.3) is 10.8 Å². The number of hydrogen-bond donors (Lipinski definition) is 1. The number of rotatable bonds is 1. The molecule has 2 aromatic rings. The van der Waals surface area contributed by atoms with Crippen molar-refractivity contribution < 1.29 is 9.90 Å². The van der Waals surface area contributed by atoms with Crippen molar-refractivity contribution in [2.45, 2.75) is 0 Å². The predicted molar refractivity (Wildman–Crippen MR) is 66.8 cm³/mol. The molecule has 2 heteroatoms. The van der Waals surface area contributed by atoms with E-state index in [1.165, 1.54) is 0 Å². The maximum Gasteiger partial charge on any atom is 0.336 e. The standard InChI is InChI=1S/C15H8O2/c1-3-10-5-6-12-8-11(4-2)14(15(16)17)9-13(12)7-10/h1-2,5-9H,(H,16,17). The van der Waals surface area contributed by atoms with Gasteiger partial charge in [0.05, 0.1) is 5.56 Å². The molecule has 2 rings (SSSR count). The fourth-order valence-corrected chi connectivity index (χ4v) is 1.68. The third kappa shape index (κ3) is 1.85. The Kier molecular flexibility index (Phi) is 2.57. The normalized spacial score (nSPS) is 9.53. The first-order valence-corrected chi connectivity index (χ1v) is 4.90. The summed E-state index contributed by atoms with van der Waals surface area (Å²) in [6, 6.07) is 8.62. The second-order valence-electron chi connectivity index (χ2n) is 3.55. The molecule has 80 valence electrons. The first-order chi connectivity index (χ1) is 8.15.